The molecule has 1 fully saturated rings. The Kier molecular flexibility index (Phi) is 22.6. The number of amides is 4. The molecule has 4 amide bonds. The predicted molar refractivity (Wildman–Crippen MR) is 178 cm³/mol. The third-order valence-corrected chi connectivity index (χ3v) is 8.25. The van der Waals surface area contributed by atoms with Gasteiger partial charge in [0.15, 0.2) is 0 Å². The predicted octanol–water partition coefficient (Wildman–Crippen LogP) is -0.658. The summed E-state index contributed by atoms with van der Waals surface area (Å²) in [7, 11) is 0. The molecule has 290 valence electrons. The number of ether oxygens (including phenoxy) is 1. The number of nitrogens with zero attached hydrogens (tertiary/aromatic N) is 3. The van der Waals surface area contributed by atoms with Crippen LogP contribution in [-0.2, 0) is 23.9 Å². The smallest absolute Gasteiger partial charge is 0.246 e. The zero-order valence-corrected chi connectivity index (χ0v) is 29.3. The van der Waals surface area contributed by atoms with Gasteiger partial charge in [-0.2, -0.15) is 0 Å². The van der Waals surface area contributed by atoms with Gasteiger partial charge in [-0.05, 0) is 64.3 Å². The fraction of sp³-hybridized carbons (Fsp3) is 0.812. The van der Waals surface area contributed by atoms with Gasteiger partial charge < -0.3 is 41.1 Å². The van der Waals surface area contributed by atoms with Crippen LogP contribution in [0.2, 0.25) is 0 Å². The van der Waals surface area contributed by atoms with Gasteiger partial charge in [0.1, 0.15) is 18.3 Å². The second-order valence-electron chi connectivity index (χ2n) is 12.6. The molecule has 1 aliphatic heterocycles. The van der Waals surface area contributed by atoms with E-state index in [0.29, 0.717) is 99.8 Å². The van der Waals surface area contributed by atoms with E-state index in [9.17, 15) is 55.2 Å². The molecule has 1 saturated heterocycles. The third kappa shape index (κ3) is 18.9. The standard InChI is InChI=1S/C32H60N6O12/c1-24(12-13-27(41)34-17-8-5-10-20-37(48)25(2)39)36(47)19-9-4-7-18-35-28(42)14-15-29(43)38(49)21-11-3-6-16-33-23-32(46)31(45)30(44)26(40)22-50-32/h26,30-31,33,40,44-49H,1,3-23H2,2H3,(H,34,41)(H,35,42)/t26-,30-,31+,32?/m1/s1. The Morgan fingerprint density at radius 2 is 1.22 bits per heavy atom. The van der Waals surface area contributed by atoms with E-state index >= 15 is 0 Å². The average molecular weight is 721 g/mol. The van der Waals surface area contributed by atoms with Crippen LogP contribution in [0.4, 0.5) is 0 Å². The summed E-state index contributed by atoms with van der Waals surface area (Å²) >= 11 is 0. The molecular weight excluding hydrogens is 660 g/mol. The molecule has 0 bridgehead atoms. The SMILES string of the molecule is C=C(CCC(=O)NCCCCCN(O)C(C)=O)N(O)CCCCCNC(=O)CCC(=O)N(O)CCCCCNCC1(O)OC[C@@H](O)[C@@H](O)[C@@H]1O. The minimum atomic E-state index is -2.02. The number of hydrogen-bond donors (Lipinski definition) is 10. The summed E-state index contributed by atoms with van der Waals surface area (Å²) in [5.41, 5.74) is 0.424. The van der Waals surface area contributed by atoms with E-state index in [1.165, 1.54) is 6.92 Å². The number of carbonyl (C=O) groups is 4. The molecule has 0 aromatic carbocycles. The van der Waals surface area contributed by atoms with Gasteiger partial charge in [-0.25, -0.2) is 10.1 Å². The maximum atomic E-state index is 12.1. The van der Waals surface area contributed by atoms with E-state index in [1.807, 2.05) is 0 Å². The number of hydrogen-bond acceptors (Lipinski definition) is 14. The van der Waals surface area contributed by atoms with E-state index in [4.69, 9.17) is 4.74 Å². The maximum Gasteiger partial charge on any atom is 0.246 e. The van der Waals surface area contributed by atoms with Gasteiger partial charge in [0.2, 0.25) is 29.4 Å². The summed E-state index contributed by atoms with van der Waals surface area (Å²) < 4.78 is 5.07. The molecule has 0 aromatic heterocycles. The van der Waals surface area contributed by atoms with Crippen LogP contribution < -0.4 is 16.0 Å². The number of unbranched alkanes of at least 4 members (excludes halogenated alkanes) is 6. The molecule has 0 aliphatic carbocycles. The van der Waals surface area contributed by atoms with Crippen molar-refractivity contribution in [3.8, 4) is 0 Å². The highest BCUT2D eigenvalue weighted by atomic mass is 16.6. The molecule has 1 heterocycles. The molecule has 0 aromatic rings. The largest absolute Gasteiger partial charge is 0.388 e. The van der Waals surface area contributed by atoms with Gasteiger partial charge in [-0.3, -0.25) is 39.9 Å². The van der Waals surface area contributed by atoms with E-state index < -0.39 is 35.9 Å². The van der Waals surface area contributed by atoms with Crippen LogP contribution in [-0.4, -0.2) is 151 Å². The van der Waals surface area contributed by atoms with Gasteiger partial charge >= 0.3 is 0 Å². The molecule has 1 rings (SSSR count). The van der Waals surface area contributed by atoms with Gasteiger partial charge in [-0.1, -0.05) is 13.0 Å². The highest BCUT2D eigenvalue weighted by molar-refractivity contribution is 5.83. The van der Waals surface area contributed by atoms with Crippen molar-refractivity contribution in [1.29, 1.82) is 0 Å². The lowest BCUT2D eigenvalue weighted by molar-refractivity contribution is -0.317. The van der Waals surface area contributed by atoms with Gasteiger partial charge in [0, 0.05) is 64.6 Å². The van der Waals surface area contributed by atoms with Gasteiger partial charge in [-0.15, -0.1) is 0 Å². The third-order valence-electron chi connectivity index (χ3n) is 8.25. The van der Waals surface area contributed by atoms with Gasteiger partial charge in [0.25, 0.3) is 0 Å². The molecule has 4 atom stereocenters. The zero-order valence-electron chi connectivity index (χ0n) is 29.3. The first-order valence-electron chi connectivity index (χ1n) is 17.4. The number of allylic oxidation sites excluding steroid dienone is 1. The van der Waals surface area contributed by atoms with Crippen LogP contribution in [0.5, 0.6) is 0 Å². The Bertz CT molecular complexity index is 1040. The van der Waals surface area contributed by atoms with Gasteiger partial charge in [0.05, 0.1) is 13.2 Å². The lowest BCUT2D eigenvalue weighted by Gasteiger charge is -2.41. The molecular formula is C32H60N6O12. The minimum Gasteiger partial charge on any atom is -0.388 e. The molecule has 0 saturated carbocycles. The summed E-state index contributed by atoms with van der Waals surface area (Å²) in [6.07, 6.45) is 1.68. The number of rotatable bonds is 27. The quantitative estimate of drug-likeness (QED) is 0.0287. The van der Waals surface area contributed by atoms with Crippen LogP contribution in [0.3, 0.4) is 0 Å². The van der Waals surface area contributed by atoms with Crippen molar-refractivity contribution in [2.24, 2.45) is 0 Å². The Balaban J connectivity index is 2.01. The van der Waals surface area contributed by atoms with Crippen LogP contribution in [0, 0.1) is 0 Å². The summed E-state index contributed by atoms with van der Waals surface area (Å²) in [5, 5.41) is 79.6. The lowest BCUT2D eigenvalue weighted by atomic mass is 9.97. The number of hydroxylamine groups is 6. The molecule has 0 spiro atoms. The fourth-order valence-electron chi connectivity index (χ4n) is 4.94. The Labute approximate surface area is 293 Å². The summed E-state index contributed by atoms with van der Waals surface area (Å²) in [4.78, 5) is 47.2. The minimum absolute atomic E-state index is 0.0657. The highest BCUT2D eigenvalue weighted by Gasteiger charge is 2.48. The molecule has 10 N–H and O–H groups in total. The first-order valence-corrected chi connectivity index (χ1v) is 17.4. The van der Waals surface area contributed by atoms with Crippen molar-refractivity contribution in [2.75, 3.05) is 52.4 Å². The zero-order chi connectivity index (χ0) is 37.5. The Morgan fingerprint density at radius 3 is 1.78 bits per heavy atom. The molecule has 1 aliphatic rings. The first kappa shape index (κ1) is 45.1. The maximum absolute atomic E-state index is 12.1. The van der Waals surface area contributed by atoms with Crippen molar-refractivity contribution in [2.45, 2.75) is 114 Å². The van der Waals surface area contributed by atoms with Crippen molar-refractivity contribution < 1.29 is 60.0 Å². The lowest BCUT2D eigenvalue weighted by Crippen LogP contribution is -2.64. The second kappa shape index (κ2) is 25.1. The number of nitrogens with one attached hydrogen (secondary N) is 3. The topological polar surface area (TPSA) is 265 Å². The van der Waals surface area contributed by atoms with Crippen molar-refractivity contribution >= 4 is 23.6 Å². The number of aliphatic hydroxyl groups is 4. The Hall–Kier alpha value is -2.94. The van der Waals surface area contributed by atoms with Crippen LogP contribution in [0.25, 0.3) is 0 Å². The Morgan fingerprint density at radius 1 is 0.720 bits per heavy atom. The molecule has 0 radical (unpaired) electrons. The number of aliphatic hydroxyl groups excluding tert-OH is 3. The molecule has 50 heavy (non-hydrogen) atoms. The fourth-order valence-corrected chi connectivity index (χ4v) is 4.94. The van der Waals surface area contributed by atoms with Crippen molar-refractivity contribution in [3.05, 3.63) is 12.3 Å². The first-order chi connectivity index (χ1) is 23.7. The van der Waals surface area contributed by atoms with Crippen LogP contribution in [0.15, 0.2) is 12.3 Å². The summed E-state index contributed by atoms with van der Waals surface area (Å²) in [5.74, 6) is -3.46. The monoisotopic (exact) mass is 720 g/mol. The molecule has 1 unspecified atom stereocenters. The highest BCUT2D eigenvalue weighted by Crippen LogP contribution is 2.23. The van der Waals surface area contributed by atoms with E-state index in [0.717, 1.165) is 11.5 Å². The molecule has 18 heteroatoms. The summed E-state index contributed by atoms with van der Waals surface area (Å²) in [6, 6.07) is 0. The second-order valence-corrected chi connectivity index (χ2v) is 12.6. The van der Waals surface area contributed by atoms with Crippen LogP contribution in [0.1, 0.15) is 90.4 Å². The number of carbonyl (C=O) groups excluding carboxylic acids is 4. The summed E-state index contributed by atoms with van der Waals surface area (Å²) in [6.45, 7) is 6.62. The normalized spacial score (nSPS) is 20.2. The van der Waals surface area contributed by atoms with E-state index in [2.05, 4.69) is 22.5 Å². The van der Waals surface area contributed by atoms with Crippen molar-refractivity contribution in [1.82, 2.24) is 31.1 Å². The average Bonchev–Trinajstić information content (AvgIpc) is 3.09. The van der Waals surface area contributed by atoms with Crippen molar-refractivity contribution in [3.63, 3.8) is 0 Å². The molecule has 18 nitrogen and oxygen atoms in total. The van der Waals surface area contributed by atoms with E-state index in [1.54, 1.807) is 0 Å². The van der Waals surface area contributed by atoms with E-state index in [-0.39, 0.29) is 57.3 Å². The van der Waals surface area contributed by atoms with Crippen LogP contribution >= 0.6 is 0 Å².